The van der Waals surface area contributed by atoms with Crippen molar-refractivity contribution in [2.24, 2.45) is 0 Å². The molecule has 1 aromatic carbocycles. The van der Waals surface area contributed by atoms with Crippen molar-refractivity contribution in [2.45, 2.75) is 32.4 Å². The predicted octanol–water partition coefficient (Wildman–Crippen LogP) is 2.64. The van der Waals surface area contributed by atoms with Crippen LogP contribution < -0.4 is 5.32 Å². The van der Waals surface area contributed by atoms with Gasteiger partial charge in [0.2, 0.25) is 0 Å². The van der Waals surface area contributed by atoms with Crippen LogP contribution in [0.1, 0.15) is 25.3 Å². The molecule has 0 bridgehead atoms. The molecular weight excluding hydrogens is 270 g/mol. The molecule has 1 aliphatic heterocycles. The molecule has 1 aliphatic rings. The number of nitrogens with zero attached hydrogens (tertiary/aromatic N) is 2. The molecule has 1 aromatic rings. The zero-order chi connectivity index (χ0) is 15.2. The fourth-order valence-corrected chi connectivity index (χ4v) is 2.78. The van der Waals surface area contributed by atoms with Gasteiger partial charge in [0.15, 0.2) is 0 Å². The summed E-state index contributed by atoms with van der Waals surface area (Å²) >= 11 is 0. The number of nitro groups is 1. The van der Waals surface area contributed by atoms with Crippen LogP contribution in [0.4, 0.5) is 11.4 Å². The average Bonchev–Trinajstić information content (AvgIpc) is 2.49. The minimum atomic E-state index is -0.340. The van der Waals surface area contributed by atoms with Gasteiger partial charge in [-0.15, -0.1) is 0 Å². The fraction of sp³-hybridized carbons (Fsp3) is 0.600. The summed E-state index contributed by atoms with van der Waals surface area (Å²) in [6.07, 6.45) is 2.45. The molecule has 1 N–H and O–H groups in total. The number of benzene rings is 1. The molecule has 1 heterocycles. The van der Waals surface area contributed by atoms with E-state index in [1.54, 1.807) is 25.3 Å². The number of hydrogen-bond donors (Lipinski definition) is 1. The number of likely N-dealkylation sites (tertiary alicyclic amines) is 1. The van der Waals surface area contributed by atoms with Gasteiger partial charge in [0, 0.05) is 44.6 Å². The minimum Gasteiger partial charge on any atom is -0.385 e. The van der Waals surface area contributed by atoms with Crippen LogP contribution in [0, 0.1) is 10.1 Å². The van der Waals surface area contributed by atoms with Gasteiger partial charge in [-0.1, -0.05) is 0 Å². The predicted molar refractivity (Wildman–Crippen MR) is 82.6 cm³/mol. The number of hydrogen-bond acceptors (Lipinski definition) is 5. The van der Waals surface area contributed by atoms with Crippen molar-refractivity contribution in [3.8, 4) is 0 Å². The second-order valence-electron chi connectivity index (χ2n) is 5.36. The van der Waals surface area contributed by atoms with Crippen LogP contribution in [-0.2, 0) is 11.3 Å². The topological polar surface area (TPSA) is 67.6 Å². The number of non-ortho nitro benzene ring substituents is 1. The Kier molecular flexibility index (Phi) is 5.52. The first kappa shape index (κ1) is 15.7. The Morgan fingerprint density at radius 1 is 1.52 bits per heavy atom. The van der Waals surface area contributed by atoms with E-state index < -0.39 is 0 Å². The van der Waals surface area contributed by atoms with Crippen LogP contribution in [0.3, 0.4) is 0 Å². The van der Waals surface area contributed by atoms with E-state index in [1.165, 1.54) is 0 Å². The number of methoxy groups -OCH3 is 1. The highest BCUT2D eigenvalue weighted by molar-refractivity contribution is 5.56. The summed E-state index contributed by atoms with van der Waals surface area (Å²) in [4.78, 5) is 12.9. The Morgan fingerprint density at radius 3 is 3.00 bits per heavy atom. The Bertz CT molecular complexity index is 493. The molecule has 0 aliphatic carbocycles. The molecule has 116 valence electrons. The Balaban J connectivity index is 2.15. The first-order chi connectivity index (χ1) is 10.1. The summed E-state index contributed by atoms with van der Waals surface area (Å²) in [5.74, 6) is 0. The first-order valence-electron chi connectivity index (χ1n) is 7.40. The Hall–Kier alpha value is -1.66. The quantitative estimate of drug-likeness (QED) is 0.645. The van der Waals surface area contributed by atoms with Gasteiger partial charge in [-0.2, -0.15) is 0 Å². The molecule has 0 spiro atoms. The SMILES string of the molecule is CCNc1ccc([N+](=O)[O-])cc1CN1CCCC(OC)C1. The van der Waals surface area contributed by atoms with Crippen LogP contribution >= 0.6 is 0 Å². The smallest absolute Gasteiger partial charge is 0.269 e. The van der Waals surface area contributed by atoms with Gasteiger partial charge in [0.05, 0.1) is 11.0 Å². The van der Waals surface area contributed by atoms with E-state index in [0.717, 1.165) is 43.7 Å². The van der Waals surface area contributed by atoms with Crippen molar-refractivity contribution in [1.29, 1.82) is 0 Å². The van der Waals surface area contributed by atoms with Gasteiger partial charge in [0.25, 0.3) is 5.69 Å². The summed E-state index contributed by atoms with van der Waals surface area (Å²) in [6, 6.07) is 5.03. The zero-order valence-electron chi connectivity index (χ0n) is 12.7. The second-order valence-corrected chi connectivity index (χ2v) is 5.36. The highest BCUT2D eigenvalue weighted by Crippen LogP contribution is 2.25. The molecule has 0 saturated carbocycles. The standard InChI is InChI=1S/C15H23N3O3/c1-3-16-15-7-6-13(18(19)20)9-12(15)10-17-8-4-5-14(11-17)21-2/h6-7,9,14,16H,3-5,8,10-11H2,1-2H3. The molecule has 0 aromatic heterocycles. The maximum absolute atomic E-state index is 11.0. The highest BCUT2D eigenvalue weighted by Gasteiger charge is 2.21. The van der Waals surface area contributed by atoms with E-state index in [-0.39, 0.29) is 16.7 Å². The molecule has 21 heavy (non-hydrogen) atoms. The molecule has 1 fully saturated rings. The number of nitrogens with one attached hydrogen (secondary N) is 1. The Labute approximate surface area is 125 Å². The first-order valence-corrected chi connectivity index (χ1v) is 7.40. The summed E-state index contributed by atoms with van der Waals surface area (Å²) in [7, 11) is 1.74. The van der Waals surface area contributed by atoms with Gasteiger partial charge in [-0.3, -0.25) is 15.0 Å². The Morgan fingerprint density at radius 2 is 2.33 bits per heavy atom. The van der Waals surface area contributed by atoms with E-state index in [0.29, 0.717) is 6.54 Å². The van der Waals surface area contributed by atoms with Crippen LogP contribution in [-0.4, -0.2) is 42.7 Å². The lowest BCUT2D eigenvalue weighted by atomic mass is 10.1. The molecule has 0 amide bonds. The van der Waals surface area contributed by atoms with E-state index in [2.05, 4.69) is 10.2 Å². The number of ether oxygens (including phenoxy) is 1. The molecule has 6 heteroatoms. The summed E-state index contributed by atoms with van der Waals surface area (Å²) < 4.78 is 5.43. The lowest BCUT2D eigenvalue weighted by Crippen LogP contribution is -2.38. The van der Waals surface area contributed by atoms with Crippen molar-refractivity contribution < 1.29 is 9.66 Å². The van der Waals surface area contributed by atoms with E-state index in [1.807, 2.05) is 6.92 Å². The lowest BCUT2D eigenvalue weighted by Gasteiger charge is -2.32. The molecular formula is C15H23N3O3. The van der Waals surface area contributed by atoms with Crippen molar-refractivity contribution in [3.05, 3.63) is 33.9 Å². The van der Waals surface area contributed by atoms with E-state index in [9.17, 15) is 10.1 Å². The lowest BCUT2D eigenvalue weighted by molar-refractivity contribution is -0.384. The molecule has 2 rings (SSSR count). The van der Waals surface area contributed by atoms with E-state index >= 15 is 0 Å². The largest absolute Gasteiger partial charge is 0.385 e. The summed E-state index contributed by atoms with van der Waals surface area (Å²) in [5, 5.41) is 14.2. The zero-order valence-corrected chi connectivity index (χ0v) is 12.7. The van der Waals surface area contributed by atoms with Gasteiger partial charge >= 0.3 is 0 Å². The van der Waals surface area contributed by atoms with Crippen molar-refractivity contribution in [2.75, 3.05) is 32.1 Å². The summed E-state index contributed by atoms with van der Waals surface area (Å²) in [5.41, 5.74) is 2.09. The molecule has 1 atom stereocenters. The number of nitro benzene ring substituents is 1. The third kappa shape index (κ3) is 4.15. The molecule has 0 radical (unpaired) electrons. The summed E-state index contributed by atoms with van der Waals surface area (Å²) in [6.45, 7) is 5.42. The maximum atomic E-state index is 11.0. The van der Waals surface area contributed by atoms with Crippen LogP contribution in [0.25, 0.3) is 0 Å². The third-order valence-corrected chi connectivity index (χ3v) is 3.86. The van der Waals surface area contributed by atoms with Gasteiger partial charge in [0.1, 0.15) is 0 Å². The molecule has 1 unspecified atom stereocenters. The maximum Gasteiger partial charge on any atom is 0.269 e. The van der Waals surface area contributed by atoms with Crippen molar-refractivity contribution in [3.63, 3.8) is 0 Å². The normalized spacial score (nSPS) is 19.4. The van der Waals surface area contributed by atoms with Crippen LogP contribution in [0.15, 0.2) is 18.2 Å². The van der Waals surface area contributed by atoms with Crippen molar-refractivity contribution in [1.82, 2.24) is 4.90 Å². The van der Waals surface area contributed by atoms with Crippen LogP contribution in [0.5, 0.6) is 0 Å². The van der Waals surface area contributed by atoms with Crippen molar-refractivity contribution >= 4 is 11.4 Å². The van der Waals surface area contributed by atoms with Crippen LogP contribution in [0.2, 0.25) is 0 Å². The average molecular weight is 293 g/mol. The monoisotopic (exact) mass is 293 g/mol. The number of anilines is 1. The van der Waals surface area contributed by atoms with Gasteiger partial charge < -0.3 is 10.1 Å². The van der Waals surface area contributed by atoms with Gasteiger partial charge in [-0.25, -0.2) is 0 Å². The minimum absolute atomic E-state index is 0.145. The highest BCUT2D eigenvalue weighted by atomic mass is 16.6. The van der Waals surface area contributed by atoms with Gasteiger partial charge in [-0.05, 0) is 37.9 Å². The van der Waals surface area contributed by atoms with E-state index in [4.69, 9.17) is 4.74 Å². The number of rotatable bonds is 6. The third-order valence-electron chi connectivity index (χ3n) is 3.86. The fourth-order valence-electron chi connectivity index (χ4n) is 2.78. The molecule has 6 nitrogen and oxygen atoms in total. The second kappa shape index (κ2) is 7.38. The molecule has 1 saturated heterocycles. The number of piperidine rings is 1.